The molecule has 1 aliphatic rings. The van der Waals surface area contributed by atoms with Crippen molar-refractivity contribution in [1.29, 1.82) is 0 Å². The number of hydrogen-bond donors (Lipinski definition) is 8. The van der Waals surface area contributed by atoms with Gasteiger partial charge < -0.3 is 40.3 Å². The van der Waals surface area contributed by atoms with Crippen LogP contribution in [0.1, 0.15) is 17.9 Å². The maximum absolute atomic E-state index is 12.0. The van der Waals surface area contributed by atoms with E-state index in [9.17, 15) is 33.6 Å². The molecule has 2 aromatic rings. The lowest BCUT2D eigenvalue weighted by atomic mass is 9.92. The highest BCUT2D eigenvalue weighted by Crippen LogP contribution is 2.66. The van der Waals surface area contributed by atoms with Gasteiger partial charge in [0.2, 0.25) is 5.95 Å². The van der Waals surface area contributed by atoms with E-state index in [-0.39, 0.29) is 21.7 Å². The van der Waals surface area contributed by atoms with Gasteiger partial charge in [-0.15, -0.1) is 11.3 Å². The number of aliphatic hydroxyl groups is 2. The fourth-order valence-electron chi connectivity index (χ4n) is 3.01. The maximum Gasteiger partial charge on any atom is 0.490 e. The normalized spacial score (nSPS) is 29.7. The van der Waals surface area contributed by atoms with Crippen molar-refractivity contribution in [2.45, 2.75) is 30.8 Å². The highest BCUT2D eigenvalue weighted by atomic mass is 32.1. The van der Waals surface area contributed by atoms with Gasteiger partial charge >= 0.3 is 23.5 Å². The first-order valence-corrected chi connectivity index (χ1v) is 13.9. The van der Waals surface area contributed by atoms with Gasteiger partial charge in [0, 0.05) is 5.38 Å². The molecular weight excluding hydrogens is 535 g/mol. The summed E-state index contributed by atoms with van der Waals surface area (Å²) in [6, 6.07) is 0. The zero-order chi connectivity index (χ0) is 25.0. The molecular formula is C12H18N3O14P3S. The highest BCUT2D eigenvalue weighted by Gasteiger charge is 2.54. The van der Waals surface area contributed by atoms with E-state index in [1.165, 1.54) is 12.3 Å². The van der Waals surface area contributed by atoms with Gasteiger partial charge in [-0.1, -0.05) is 0 Å². The first-order valence-electron chi connectivity index (χ1n) is 8.53. The molecule has 0 aromatic carbocycles. The number of phosphoric ester groups is 1. The van der Waals surface area contributed by atoms with Crippen LogP contribution < -0.4 is 11.3 Å². The second-order valence-electron chi connectivity index (χ2n) is 6.93. The van der Waals surface area contributed by atoms with Crippen LogP contribution >= 0.6 is 34.8 Å². The summed E-state index contributed by atoms with van der Waals surface area (Å²) in [7, 11) is -16.8. The van der Waals surface area contributed by atoms with Gasteiger partial charge in [0.25, 0.3) is 5.56 Å². The first kappa shape index (κ1) is 26.5. The van der Waals surface area contributed by atoms with Crippen LogP contribution in [0.2, 0.25) is 0 Å². The van der Waals surface area contributed by atoms with Gasteiger partial charge in [-0.2, -0.15) is 8.62 Å². The van der Waals surface area contributed by atoms with Crippen molar-refractivity contribution in [3.05, 3.63) is 20.6 Å². The average Bonchev–Trinajstić information content (AvgIpc) is 3.10. The van der Waals surface area contributed by atoms with Gasteiger partial charge in [-0.25, -0.2) is 18.7 Å². The fourth-order valence-corrected chi connectivity index (χ4v) is 7.19. The van der Waals surface area contributed by atoms with Crippen LogP contribution in [0.25, 0.3) is 10.9 Å². The van der Waals surface area contributed by atoms with Crippen molar-refractivity contribution in [3.63, 3.8) is 0 Å². The number of anilines is 1. The summed E-state index contributed by atoms with van der Waals surface area (Å²) in [6.45, 7) is 0.187. The summed E-state index contributed by atoms with van der Waals surface area (Å²) in [5.74, 6) is -0.213. The molecule has 0 spiro atoms. The Hall–Kier alpha value is -1.07. The van der Waals surface area contributed by atoms with Gasteiger partial charge in [0.05, 0.1) is 22.4 Å². The second-order valence-corrected chi connectivity index (χ2v) is 12.3. The molecule has 0 radical (unpaired) electrons. The second kappa shape index (κ2) is 8.86. The molecule has 1 fully saturated rings. The molecule has 21 heteroatoms. The van der Waals surface area contributed by atoms with Crippen molar-refractivity contribution >= 4 is 51.7 Å². The number of ether oxygens (including phenoxy) is 1. The van der Waals surface area contributed by atoms with Crippen molar-refractivity contribution in [2.24, 2.45) is 0 Å². The number of H-pyrrole nitrogens is 1. The number of aromatic amines is 1. The average molecular weight is 553 g/mol. The van der Waals surface area contributed by atoms with Crippen LogP contribution in [-0.2, 0) is 31.6 Å². The van der Waals surface area contributed by atoms with Gasteiger partial charge in [-0.3, -0.25) is 14.3 Å². The summed E-state index contributed by atoms with van der Waals surface area (Å²) in [5, 5.41) is 22.8. The monoisotopic (exact) mass is 553 g/mol. The van der Waals surface area contributed by atoms with Gasteiger partial charge in [-0.05, 0) is 6.92 Å². The van der Waals surface area contributed by atoms with Crippen LogP contribution in [0.5, 0.6) is 0 Å². The molecule has 186 valence electrons. The number of nitrogen functional groups attached to an aromatic ring is 1. The molecule has 2 unspecified atom stereocenters. The number of nitrogens with two attached hydrogens (primary N) is 1. The Balaban J connectivity index is 1.78. The lowest BCUT2D eigenvalue weighted by Gasteiger charge is -2.26. The number of rotatable bonds is 8. The Kier molecular flexibility index (Phi) is 7.12. The number of aromatic nitrogens is 2. The van der Waals surface area contributed by atoms with Crippen LogP contribution in [-0.4, -0.2) is 64.2 Å². The summed E-state index contributed by atoms with van der Waals surface area (Å²) in [5.41, 5.74) is 3.06. The molecule has 1 aliphatic heterocycles. The van der Waals surface area contributed by atoms with Crippen molar-refractivity contribution in [2.75, 3.05) is 12.3 Å². The summed E-state index contributed by atoms with van der Waals surface area (Å²) >= 11 is 0.962. The number of fused-ring (bicyclic) bond motifs is 1. The number of nitrogens with zero attached hydrogens (tertiary/aromatic N) is 1. The lowest BCUT2D eigenvalue weighted by molar-refractivity contribution is -0.0630. The van der Waals surface area contributed by atoms with E-state index in [0.717, 1.165) is 11.3 Å². The van der Waals surface area contributed by atoms with Gasteiger partial charge in [0.15, 0.2) is 0 Å². The first-order chi connectivity index (χ1) is 14.9. The van der Waals surface area contributed by atoms with Crippen LogP contribution in [0.15, 0.2) is 10.2 Å². The zero-order valence-corrected chi connectivity index (χ0v) is 19.7. The van der Waals surface area contributed by atoms with E-state index in [4.69, 9.17) is 25.2 Å². The molecule has 0 bridgehead atoms. The van der Waals surface area contributed by atoms with Crippen molar-refractivity contribution in [1.82, 2.24) is 9.97 Å². The number of aliphatic hydroxyl groups excluding tert-OH is 1. The Morgan fingerprint density at radius 1 is 1.24 bits per heavy atom. The van der Waals surface area contributed by atoms with Gasteiger partial charge in [0.1, 0.15) is 23.9 Å². The van der Waals surface area contributed by atoms with E-state index in [1.54, 1.807) is 0 Å². The largest absolute Gasteiger partial charge is 0.490 e. The molecule has 0 amide bonds. The quantitative estimate of drug-likeness (QED) is 0.191. The Bertz CT molecular complexity index is 1260. The minimum absolute atomic E-state index is 0.0901. The molecule has 9 N–H and O–H groups in total. The number of nitrogens with one attached hydrogen (secondary N) is 1. The Labute approximate surface area is 187 Å². The van der Waals surface area contributed by atoms with Crippen LogP contribution in [0, 0.1) is 0 Å². The minimum Gasteiger partial charge on any atom is -0.387 e. The van der Waals surface area contributed by atoms with E-state index >= 15 is 0 Å². The molecule has 1 saturated heterocycles. The van der Waals surface area contributed by atoms with E-state index in [1.807, 2.05) is 0 Å². The van der Waals surface area contributed by atoms with E-state index < -0.39 is 59.5 Å². The maximum atomic E-state index is 12.0. The van der Waals surface area contributed by atoms with E-state index in [0.29, 0.717) is 0 Å². The zero-order valence-electron chi connectivity index (χ0n) is 16.2. The van der Waals surface area contributed by atoms with Crippen LogP contribution in [0.4, 0.5) is 5.95 Å². The summed E-state index contributed by atoms with van der Waals surface area (Å²) in [4.78, 5) is 54.3. The smallest absolute Gasteiger partial charge is 0.387 e. The standard InChI is InChI=1S/C12H18N3O14P3S/c1-12(18)8(16)5(2-26-31(22,23)29-32(24,25)28-30(19,20)21)27-9(12)7-6-4(3-33-7)10(17)15-11(13)14-6/h3,5,8-9,16,18H,2H2,1H3,(H,22,23)(H,24,25)(H2,19,20,21)(H3,13,14,15,17)/t5-,8-,9+,12-/m1/s1. The Morgan fingerprint density at radius 3 is 2.48 bits per heavy atom. The molecule has 6 atom stereocenters. The summed E-state index contributed by atoms with van der Waals surface area (Å²) in [6.07, 6.45) is -4.56. The Morgan fingerprint density at radius 2 is 1.88 bits per heavy atom. The lowest BCUT2D eigenvalue weighted by Crippen LogP contribution is -2.43. The third-order valence-corrected chi connectivity index (χ3v) is 9.18. The number of phosphoric acid groups is 3. The molecule has 2 aromatic heterocycles. The minimum atomic E-state index is -5.73. The number of hydrogen-bond acceptors (Lipinski definition) is 13. The number of thiophene rings is 1. The van der Waals surface area contributed by atoms with Crippen molar-refractivity contribution in [3.8, 4) is 0 Å². The van der Waals surface area contributed by atoms with Crippen molar-refractivity contribution < 1.29 is 61.4 Å². The highest BCUT2D eigenvalue weighted by molar-refractivity contribution is 7.66. The van der Waals surface area contributed by atoms with Crippen LogP contribution in [0.3, 0.4) is 0 Å². The van der Waals surface area contributed by atoms with E-state index in [2.05, 4.69) is 23.1 Å². The molecule has 3 heterocycles. The summed E-state index contributed by atoms with van der Waals surface area (Å²) < 4.78 is 51.1. The molecule has 3 rings (SSSR count). The SMILES string of the molecule is C[C@@]1(O)[C@H](O)[C@@H](COP(=O)(O)OP(=O)(O)OP(=O)(O)O)O[C@H]1c1scc2c(=O)[nH]c(N)nc12. The fraction of sp³-hybridized carbons (Fsp3) is 0.500. The third kappa shape index (κ3) is 5.96. The third-order valence-electron chi connectivity index (χ3n) is 4.36. The predicted octanol–water partition coefficient (Wildman–Crippen LogP) is -0.538. The molecule has 0 saturated carbocycles. The molecule has 33 heavy (non-hydrogen) atoms. The topological polar surface area (TPSA) is 281 Å². The molecule has 17 nitrogen and oxygen atoms in total. The molecule has 0 aliphatic carbocycles. The predicted molar refractivity (Wildman–Crippen MR) is 109 cm³/mol.